The number of benzene rings is 1. The molecule has 1 aromatic rings. The van der Waals surface area contributed by atoms with Crippen molar-refractivity contribution in [1.82, 2.24) is 10.6 Å². The molecule has 1 fully saturated rings. The van der Waals surface area contributed by atoms with E-state index in [0.29, 0.717) is 6.54 Å². The van der Waals surface area contributed by atoms with Crippen LogP contribution in [0.25, 0.3) is 0 Å². The van der Waals surface area contributed by atoms with Crippen LogP contribution in [0.5, 0.6) is 5.75 Å². The smallest absolute Gasteiger partial charge is 0.416 e. The maximum Gasteiger partial charge on any atom is 0.416 e. The van der Waals surface area contributed by atoms with Gasteiger partial charge in [0.05, 0.1) is 11.5 Å². The van der Waals surface area contributed by atoms with Gasteiger partial charge in [-0.05, 0) is 43.7 Å². The number of rotatable bonds is 6. The number of ether oxygens (including phenoxy) is 1. The first kappa shape index (κ1) is 18.5. The van der Waals surface area contributed by atoms with E-state index in [-0.39, 0.29) is 30.7 Å². The van der Waals surface area contributed by atoms with Crippen molar-refractivity contribution in [2.45, 2.75) is 25.1 Å². The highest BCUT2D eigenvalue weighted by Crippen LogP contribution is 2.30. The first-order valence-electron chi connectivity index (χ1n) is 7.83. The van der Waals surface area contributed by atoms with Crippen LogP contribution in [-0.2, 0) is 11.0 Å². The van der Waals surface area contributed by atoms with Gasteiger partial charge >= 0.3 is 6.18 Å². The lowest BCUT2D eigenvalue weighted by Crippen LogP contribution is -2.43. The van der Waals surface area contributed by atoms with Crippen molar-refractivity contribution in [1.29, 1.82) is 0 Å². The number of nitrogens with one attached hydrogen (secondary N) is 2. The van der Waals surface area contributed by atoms with E-state index in [1.165, 1.54) is 12.1 Å². The lowest BCUT2D eigenvalue weighted by Gasteiger charge is -2.22. The van der Waals surface area contributed by atoms with Crippen LogP contribution in [0.15, 0.2) is 24.3 Å². The van der Waals surface area contributed by atoms with Crippen molar-refractivity contribution < 1.29 is 27.8 Å². The van der Waals surface area contributed by atoms with Gasteiger partial charge in [-0.25, -0.2) is 0 Å². The van der Waals surface area contributed by atoms with Crippen LogP contribution in [0.4, 0.5) is 13.2 Å². The first-order chi connectivity index (χ1) is 11.4. The Morgan fingerprint density at radius 1 is 1.38 bits per heavy atom. The Hall–Kier alpha value is -1.80. The molecule has 0 bridgehead atoms. The van der Waals surface area contributed by atoms with Gasteiger partial charge in [-0.15, -0.1) is 0 Å². The van der Waals surface area contributed by atoms with Crippen LogP contribution in [0.1, 0.15) is 18.4 Å². The van der Waals surface area contributed by atoms with Crippen LogP contribution in [0.3, 0.4) is 0 Å². The number of hydrogen-bond acceptors (Lipinski definition) is 4. The highest BCUT2D eigenvalue weighted by atomic mass is 19.4. The van der Waals surface area contributed by atoms with E-state index in [4.69, 9.17) is 4.74 Å². The molecule has 3 N–H and O–H groups in total. The summed E-state index contributed by atoms with van der Waals surface area (Å²) in [5.41, 5.74) is -0.760. The molecule has 5 nitrogen and oxygen atoms in total. The first-order valence-corrected chi connectivity index (χ1v) is 7.83. The standard InChI is InChI=1S/C16H21F3N2O3/c17-16(18,19)12-3-5-14(6-4-12)24-10-13(22)9-21-15(23)11-2-1-7-20-8-11/h3-6,11,13,20,22H,1-2,7-10H2,(H,21,23). The SMILES string of the molecule is O=C(NCC(O)COc1ccc(C(F)(F)F)cc1)C1CCCNC1. The van der Waals surface area contributed by atoms with E-state index in [9.17, 15) is 23.1 Å². The third kappa shape index (κ3) is 5.68. The molecule has 2 rings (SSSR count). The van der Waals surface area contributed by atoms with Crippen LogP contribution < -0.4 is 15.4 Å². The molecule has 1 aliphatic heterocycles. The Labute approximate surface area is 138 Å². The van der Waals surface area contributed by atoms with Crippen LogP contribution in [0.2, 0.25) is 0 Å². The molecular weight excluding hydrogens is 325 g/mol. The average molecular weight is 346 g/mol. The summed E-state index contributed by atoms with van der Waals surface area (Å²) in [6.45, 7) is 1.46. The number of aliphatic hydroxyl groups is 1. The summed E-state index contributed by atoms with van der Waals surface area (Å²) < 4.78 is 42.5. The van der Waals surface area contributed by atoms with Crippen LogP contribution >= 0.6 is 0 Å². The minimum absolute atomic E-state index is 0.0377. The molecule has 1 saturated heterocycles. The lowest BCUT2D eigenvalue weighted by molar-refractivity contribution is -0.137. The molecule has 134 valence electrons. The van der Waals surface area contributed by atoms with Gasteiger partial charge in [0, 0.05) is 13.1 Å². The number of piperidine rings is 1. The molecule has 0 spiro atoms. The fraction of sp³-hybridized carbons (Fsp3) is 0.562. The summed E-state index contributed by atoms with van der Waals surface area (Å²) in [5.74, 6) is 0.0161. The van der Waals surface area contributed by atoms with Gasteiger partial charge in [-0.3, -0.25) is 4.79 Å². The summed E-state index contributed by atoms with van der Waals surface area (Å²) in [6.07, 6.45) is -3.57. The third-order valence-corrected chi connectivity index (χ3v) is 3.80. The zero-order valence-corrected chi connectivity index (χ0v) is 13.1. The van der Waals surface area contributed by atoms with Gasteiger partial charge in [-0.1, -0.05) is 0 Å². The van der Waals surface area contributed by atoms with E-state index in [1.807, 2.05) is 0 Å². The summed E-state index contributed by atoms with van der Waals surface area (Å²) in [7, 11) is 0. The quantitative estimate of drug-likeness (QED) is 0.731. The van der Waals surface area contributed by atoms with Crippen molar-refractivity contribution in [3.8, 4) is 5.75 Å². The number of aliphatic hydroxyl groups excluding tert-OH is 1. The third-order valence-electron chi connectivity index (χ3n) is 3.80. The second-order valence-electron chi connectivity index (χ2n) is 5.78. The summed E-state index contributed by atoms with van der Waals surface area (Å²) >= 11 is 0. The molecule has 1 amide bonds. The molecule has 1 aliphatic rings. The molecule has 0 radical (unpaired) electrons. The minimum Gasteiger partial charge on any atom is -0.491 e. The van der Waals surface area contributed by atoms with Crippen molar-refractivity contribution >= 4 is 5.91 Å². The zero-order chi connectivity index (χ0) is 17.6. The molecule has 1 heterocycles. The number of carbonyl (C=O) groups is 1. The van der Waals surface area contributed by atoms with Crippen molar-refractivity contribution in [2.24, 2.45) is 5.92 Å². The van der Waals surface area contributed by atoms with Crippen molar-refractivity contribution in [3.05, 3.63) is 29.8 Å². The molecular formula is C16H21F3N2O3. The second-order valence-corrected chi connectivity index (χ2v) is 5.78. The largest absolute Gasteiger partial charge is 0.491 e. The van der Waals surface area contributed by atoms with Gasteiger partial charge in [0.25, 0.3) is 0 Å². The molecule has 1 aromatic carbocycles. The molecule has 24 heavy (non-hydrogen) atoms. The monoisotopic (exact) mass is 346 g/mol. The molecule has 0 saturated carbocycles. The van der Waals surface area contributed by atoms with E-state index in [1.54, 1.807) is 0 Å². The predicted molar refractivity (Wildman–Crippen MR) is 81.5 cm³/mol. The van der Waals surface area contributed by atoms with Crippen molar-refractivity contribution in [2.75, 3.05) is 26.2 Å². The van der Waals surface area contributed by atoms with Gasteiger partial charge in [0.2, 0.25) is 5.91 Å². The van der Waals surface area contributed by atoms with E-state index >= 15 is 0 Å². The highest BCUT2D eigenvalue weighted by molar-refractivity contribution is 5.78. The summed E-state index contributed by atoms with van der Waals surface area (Å²) in [4.78, 5) is 11.9. The van der Waals surface area contributed by atoms with Gasteiger partial charge < -0.3 is 20.5 Å². The van der Waals surface area contributed by atoms with Crippen LogP contribution in [-0.4, -0.2) is 43.4 Å². The lowest BCUT2D eigenvalue weighted by atomic mass is 9.99. The molecule has 2 atom stereocenters. The van der Waals surface area contributed by atoms with Crippen molar-refractivity contribution in [3.63, 3.8) is 0 Å². The van der Waals surface area contributed by atoms with Gasteiger partial charge in [0.1, 0.15) is 18.5 Å². The molecule has 0 aliphatic carbocycles. The molecule has 2 unspecified atom stereocenters. The number of alkyl halides is 3. The Kier molecular flexibility index (Phi) is 6.44. The fourth-order valence-corrected chi connectivity index (χ4v) is 2.43. The number of hydrogen-bond donors (Lipinski definition) is 3. The van der Waals surface area contributed by atoms with E-state index in [0.717, 1.165) is 31.5 Å². The summed E-state index contributed by atoms with van der Waals surface area (Å²) in [6, 6.07) is 4.22. The molecule has 0 aromatic heterocycles. The number of halogens is 3. The van der Waals surface area contributed by atoms with Gasteiger partial charge in [0.15, 0.2) is 0 Å². The number of carbonyl (C=O) groups excluding carboxylic acids is 1. The fourth-order valence-electron chi connectivity index (χ4n) is 2.43. The minimum atomic E-state index is -4.39. The normalized spacial score (nSPS) is 19.6. The maximum absolute atomic E-state index is 12.4. The molecule has 8 heteroatoms. The topological polar surface area (TPSA) is 70.6 Å². The Morgan fingerprint density at radius 2 is 2.08 bits per heavy atom. The second kappa shape index (κ2) is 8.34. The Bertz CT molecular complexity index is 528. The van der Waals surface area contributed by atoms with Crippen LogP contribution in [0, 0.1) is 5.92 Å². The van der Waals surface area contributed by atoms with E-state index in [2.05, 4.69) is 10.6 Å². The Balaban J connectivity index is 1.70. The maximum atomic E-state index is 12.4. The zero-order valence-electron chi connectivity index (χ0n) is 13.1. The summed E-state index contributed by atoms with van der Waals surface area (Å²) in [5, 5.41) is 15.6. The number of amides is 1. The Morgan fingerprint density at radius 3 is 2.67 bits per heavy atom. The predicted octanol–water partition coefficient (Wildman–Crippen LogP) is 1.56. The van der Waals surface area contributed by atoms with E-state index < -0.39 is 17.8 Å². The average Bonchev–Trinajstić information content (AvgIpc) is 2.58. The van der Waals surface area contributed by atoms with Gasteiger partial charge in [-0.2, -0.15) is 13.2 Å². The highest BCUT2D eigenvalue weighted by Gasteiger charge is 2.30.